The van der Waals surface area contributed by atoms with Crippen molar-refractivity contribution in [1.82, 2.24) is 14.8 Å². The van der Waals surface area contributed by atoms with Gasteiger partial charge in [0.15, 0.2) is 0 Å². The van der Waals surface area contributed by atoms with Gasteiger partial charge in [-0.3, -0.25) is 4.90 Å². The maximum absolute atomic E-state index is 6.25. The second-order valence-corrected chi connectivity index (χ2v) is 7.86. The monoisotopic (exact) mass is 410 g/mol. The molecular formula is C20H28Cl2N4O. The van der Waals surface area contributed by atoms with Crippen LogP contribution in [0.15, 0.2) is 12.3 Å². The van der Waals surface area contributed by atoms with Crippen molar-refractivity contribution in [3.8, 4) is 11.8 Å². The number of likely N-dealkylation sites (N-methyl/N-ethyl adjacent to an activating group) is 1. The van der Waals surface area contributed by atoms with E-state index in [0.717, 1.165) is 71.0 Å². The largest absolute Gasteiger partial charge is 0.365 e. The van der Waals surface area contributed by atoms with Gasteiger partial charge in [-0.15, -0.1) is 0 Å². The molecule has 0 unspecified atom stereocenters. The zero-order chi connectivity index (χ0) is 19.1. The molecule has 2 saturated heterocycles. The molecule has 5 nitrogen and oxygen atoms in total. The van der Waals surface area contributed by atoms with E-state index in [1.54, 1.807) is 12.3 Å². The normalized spacial score (nSPS) is 19.7. The number of pyridine rings is 1. The number of hydrogen-bond donors (Lipinski definition) is 0. The molecule has 7 heteroatoms. The number of ether oxygens (including phenoxy) is 1. The van der Waals surface area contributed by atoms with Crippen LogP contribution in [-0.4, -0.2) is 79.9 Å². The van der Waals surface area contributed by atoms with Gasteiger partial charge in [0.1, 0.15) is 12.4 Å². The van der Waals surface area contributed by atoms with Crippen LogP contribution in [0.1, 0.15) is 19.8 Å². The minimum atomic E-state index is 0.259. The molecule has 148 valence electrons. The van der Waals surface area contributed by atoms with Crippen molar-refractivity contribution in [3.05, 3.63) is 22.3 Å². The third-order valence-corrected chi connectivity index (χ3v) is 5.75. The topological polar surface area (TPSA) is 31.8 Å². The molecule has 2 aliphatic heterocycles. The second kappa shape index (κ2) is 10.5. The number of nitrogens with zero attached hydrogens (tertiary/aromatic N) is 4. The Kier molecular flexibility index (Phi) is 8.05. The summed E-state index contributed by atoms with van der Waals surface area (Å²) in [5.74, 6) is 7.24. The first-order valence-electron chi connectivity index (χ1n) is 9.73. The Morgan fingerprint density at radius 3 is 2.44 bits per heavy atom. The molecule has 0 saturated carbocycles. The van der Waals surface area contributed by atoms with Crippen molar-refractivity contribution >= 4 is 29.0 Å². The summed E-state index contributed by atoms with van der Waals surface area (Å²) in [6.45, 7) is 11.0. The summed E-state index contributed by atoms with van der Waals surface area (Å²) in [6, 6.07) is 1.74. The number of aromatic nitrogens is 1. The number of piperidine rings is 1. The fourth-order valence-electron chi connectivity index (χ4n) is 3.52. The first-order chi connectivity index (χ1) is 13.2. The van der Waals surface area contributed by atoms with E-state index in [9.17, 15) is 0 Å². The summed E-state index contributed by atoms with van der Waals surface area (Å²) in [6.07, 6.45) is 3.82. The van der Waals surface area contributed by atoms with E-state index in [2.05, 4.69) is 38.4 Å². The van der Waals surface area contributed by atoms with Gasteiger partial charge in [-0.2, -0.15) is 0 Å². The van der Waals surface area contributed by atoms with Gasteiger partial charge in [0, 0.05) is 45.5 Å². The lowest BCUT2D eigenvalue weighted by Gasteiger charge is -2.33. The van der Waals surface area contributed by atoms with Gasteiger partial charge in [-0.05, 0) is 25.5 Å². The van der Waals surface area contributed by atoms with Gasteiger partial charge in [0.25, 0.3) is 0 Å². The molecule has 0 atom stereocenters. The van der Waals surface area contributed by atoms with E-state index in [4.69, 9.17) is 27.9 Å². The van der Waals surface area contributed by atoms with Gasteiger partial charge >= 0.3 is 0 Å². The number of halogens is 2. The van der Waals surface area contributed by atoms with Crippen LogP contribution in [0.2, 0.25) is 10.0 Å². The van der Waals surface area contributed by atoms with Crippen molar-refractivity contribution in [2.24, 2.45) is 0 Å². The predicted octanol–water partition coefficient (Wildman–Crippen LogP) is 3.01. The second-order valence-electron chi connectivity index (χ2n) is 7.02. The van der Waals surface area contributed by atoms with Crippen molar-refractivity contribution in [2.75, 3.05) is 63.9 Å². The van der Waals surface area contributed by atoms with Crippen LogP contribution < -0.4 is 4.90 Å². The summed E-state index contributed by atoms with van der Waals surface area (Å²) < 4.78 is 5.94. The molecule has 0 aliphatic carbocycles. The van der Waals surface area contributed by atoms with Gasteiger partial charge < -0.3 is 14.5 Å². The average molecular weight is 411 g/mol. The highest BCUT2D eigenvalue weighted by Crippen LogP contribution is 2.28. The van der Waals surface area contributed by atoms with E-state index < -0.39 is 0 Å². The van der Waals surface area contributed by atoms with Gasteiger partial charge in [-0.1, -0.05) is 42.0 Å². The highest BCUT2D eigenvalue weighted by Gasteiger charge is 2.22. The molecular weight excluding hydrogens is 383 g/mol. The van der Waals surface area contributed by atoms with Crippen molar-refractivity contribution < 1.29 is 4.74 Å². The fraction of sp³-hybridized carbons (Fsp3) is 0.650. The van der Waals surface area contributed by atoms with Gasteiger partial charge in [0.05, 0.1) is 22.7 Å². The van der Waals surface area contributed by atoms with Crippen LogP contribution in [0, 0.1) is 11.8 Å². The van der Waals surface area contributed by atoms with Crippen molar-refractivity contribution in [1.29, 1.82) is 0 Å². The van der Waals surface area contributed by atoms with Crippen LogP contribution in [-0.2, 0) is 4.74 Å². The Labute approximate surface area is 172 Å². The molecule has 1 aromatic heterocycles. The summed E-state index contributed by atoms with van der Waals surface area (Å²) in [5.41, 5.74) is 0. The molecule has 3 rings (SSSR count). The maximum Gasteiger partial charge on any atom is 0.147 e. The number of rotatable bonds is 5. The standard InChI is InChI=1S/C20H28Cl2N4O/c1-2-24-10-12-25(13-11-24)7-3-4-14-27-18-5-8-26(9-6-18)20-19(22)15-17(21)16-23-20/h15-16,18H,2,5-14H2,1H3. The third-order valence-electron chi connectivity index (χ3n) is 5.26. The van der Waals surface area contributed by atoms with E-state index in [0.29, 0.717) is 16.7 Å². The molecule has 2 fully saturated rings. The Balaban J connectivity index is 1.33. The minimum absolute atomic E-state index is 0.259. The first-order valence-corrected chi connectivity index (χ1v) is 10.5. The molecule has 0 amide bonds. The molecule has 1 aromatic rings. The molecule has 27 heavy (non-hydrogen) atoms. The van der Waals surface area contributed by atoms with E-state index in [-0.39, 0.29) is 6.10 Å². The van der Waals surface area contributed by atoms with E-state index in [1.807, 2.05) is 0 Å². The van der Waals surface area contributed by atoms with Gasteiger partial charge in [-0.25, -0.2) is 4.98 Å². The van der Waals surface area contributed by atoms with Crippen LogP contribution >= 0.6 is 23.2 Å². The van der Waals surface area contributed by atoms with Crippen LogP contribution in [0.3, 0.4) is 0 Å². The summed E-state index contributed by atoms with van der Waals surface area (Å²) in [4.78, 5) is 11.4. The number of piperazine rings is 1. The van der Waals surface area contributed by atoms with Gasteiger partial charge in [0.2, 0.25) is 0 Å². The Bertz CT molecular complexity index is 660. The average Bonchev–Trinajstić information content (AvgIpc) is 2.69. The number of anilines is 1. The Hall–Kier alpha value is -1.03. The molecule has 0 N–H and O–H groups in total. The van der Waals surface area contributed by atoms with Crippen LogP contribution in [0.5, 0.6) is 0 Å². The van der Waals surface area contributed by atoms with Crippen molar-refractivity contribution in [2.45, 2.75) is 25.9 Å². The number of hydrogen-bond acceptors (Lipinski definition) is 5. The van der Waals surface area contributed by atoms with E-state index in [1.165, 1.54) is 0 Å². The van der Waals surface area contributed by atoms with Crippen molar-refractivity contribution in [3.63, 3.8) is 0 Å². The quantitative estimate of drug-likeness (QED) is 0.696. The highest BCUT2D eigenvalue weighted by molar-refractivity contribution is 6.36. The van der Waals surface area contributed by atoms with Crippen LogP contribution in [0.25, 0.3) is 0 Å². The lowest BCUT2D eigenvalue weighted by Crippen LogP contribution is -2.46. The SMILES string of the molecule is CCN1CCN(CC#CCOC2CCN(c3ncc(Cl)cc3Cl)CC2)CC1. The highest BCUT2D eigenvalue weighted by atomic mass is 35.5. The molecule has 0 spiro atoms. The van der Waals surface area contributed by atoms with E-state index >= 15 is 0 Å². The zero-order valence-electron chi connectivity index (χ0n) is 16.0. The van der Waals surface area contributed by atoms with Crippen LogP contribution in [0.4, 0.5) is 5.82 Å². The summed E-state index contributed by atoms with van der Waals surface area (Å²) in [5, 5.41) is 1.17. The predicted molar refractivity (Wildman–Crippen MR) is 112 cm³/mol. The Morgan fingerprint density at radius 1 is 1.07 bits per heavy atom. The fourth-order valence-corrected chi connectivity index (χ4v) is 4.02. The lowest BCUT2D eigenvalue weighted by atomic mass is 10.1. The smallest absolute Gasteiger partial charge is 0.147 e. The lowest BCUT2D eigenvalue weighted by molar-refractivity contribution is 0.0593. The molecule has 0 radical (unpaired) electrons. The maximum atomic E-state index is 6.25. The molecule has 0 bridgehead atoms. The molecule has 3 heterocycles. The summed E-state index contributed by atoms with van der Waals surface area (Å²) in [7, 11) is 0. The third kappa shape index (κ3) is 6.23. The molecule has 2 aliphatic rings. The Morgan fingerprint density at radius 2 is 1.78 bits per heavy atom. The minimum Gasteiger partial charge on any atom is -0.365 e. The zero-order valence-corrected chi connectivity index (χ0v) is 17.5. The summed E-state index contributed by atoms with van der Waals surface area (Å²) >= 11 is 12.2. The molecule has 0 aromatic carbocycles. The first kappa shape index (κ1) is 20.7.